The van der Waals surface area contributed by atoms with Crippen LogP contribution in [0.15, 0.2) is 6.07 Å². The maximum absolute atomic E-state index is 8.99. The van der Waals surface area contributed by atoms with Crippen molar-refractivity contribution in [3.8, 4) is 23.0 Å². The molecule has 4 nitrogen and oxygen atoms in total. The number of hydrogen-bond donors (Lipinski definition) is 4. The van der Waals surface area contributed by atoms with Crippen LogP contribution < -0.4 is 0 Å². The summed E-state index contributed by atoms with van der Waals surface area (Å²) in [5.41, 5.74) is 0.304. The first-order valence-corrected chi connectivity index (χ1v) is 3.97. The van der Waals surface area contributed by atoms with Crippen LogP contribution in [-0.2, 0) is 0 Å². The smallest absolute Gasteiger partial charge is 0.204 e. The summed E-state index contributed by atoms with van der Waals surface area (Å²) in [6.07, 6.45) is 0. The topological polar surface area (TPSA) is 80.9 Å². The maximum atomic E-state index is 8.99. The van der Waals surface area contributed by atoms with Gasteiger partial charge in [0.1, 0.15) is 0 Å². The molecule has 0 fully saturated rings. The molecule has 0 aliphatic carbocycles. The molecule has 74 valence electrons. The van der Waals surface area contributed by atoms with E-state index in [1.165, 1.54) is 6.92 Å². The second-order valence-electron chi connectivity index (χ2n) is 2.26. The van der Waals surface area contributed by atoms with Gasteiger partial charge in [0, 0.05) is 0 Å². The molecule has 0 amide bonds. The van der Waals surface area contributed by atoms with Crippen molar-refractivity contribution in [2.24, 2.45) is 0 Å². The summed E-state index contributed by atoms with van der Waals surface area (Å²) in [6, 6.07) is 1.16. The van der Waals surface area contributed by atoms with E-state index in [2.05, 4.69) is 0 Å². The van der Waals surface area contributed by atoms with Gasteiger partial charge >= 0.3 is 0 Å². The molecule has 0 radical (unpaired) electrons. The zero-order valence-electron chi connectivity index (χ0n) is 7.87. The molecule has 0 saturated heterocycles. The molecule has 0 aliphatic heterocycles. The Morgan fingerprint density at radius 2 is 1.31 bits per heavy atom. The Morgan fingerprint density at radius 3 is 1.77 bits per heavy atom. The molecule has 0 heterocycles. The summed E-state index contributed by atoms with van der Waals surface area (Å²) in [5, 5.41) is 35.6. The summed E-state index contributed by atoms with van der Waals surface area (Å²) >= 11 is 0. The molecule has 0 aliphatic rings. The van der Waals surface area contributed by atoms with Crippen LogP contribution >= 0.6 is 0 Å². The number of phenols is 4. The highest BCUT2D eigenvalue weighted by atomic mass is 16.3. The van der Waals surface area contributed by atoms with Gasteiger partial charge in [-0.05, 0) is 18.6 Å². The summed E-state index contributed by atoms with van der Waals surface area (Å²) in [4.78, 5) is 0. The molecule has 0 bridgehead atoms. The van der Waals surface area contributed by atoms with Crippen molar-refractivity contribution >= 4 is 0 Å². The first-order chi connectivity index (χ1) is 6.04. The van der Waals surface area contributed by atoms with Gasteiger partial charge in [-0.3, -0.25) is 0 Å². The lowest BCUT2D eigenvalue weighted by atomic mass is 10.2. The monoisotopic (exact) mass is 186 g/mol. The fourth-order valence-electron chi connectivity index (χ4n) is 0.762. The van der Waals surface area contributed by atoms with Gasteiger partial charge in [0.2, 0.25) is 11.5 Å². The molecule has 1 rings (SSSR count). The average molecular weight is 186 g/mol. The lowest BCUT2D eigenvalue weighted by molar-refractivity contribution is 0.344. The Hall–Kier alpha value is -1.58. The quantitative estimate of drug-likeness (QED) is 0.368. The van der Waals surface area contributed by atoms with Crippen molar-refractivity contribution in [2.45, 2.75) is 20.8 Å². The number of phenolic OH excluding ortho intramolecular Hbond substituents is 4. The van der Waals surface area contributed by atoms with E-state index in [1.54, 1.807) is 0 Å². The second-order valence-corrected chi connectivity index (χ2v) is 2.26. The van der Waals surface area contributed by atoms with Crippen LogP contribution in [0.5, 0.6) is 23.0 Å². The van der Waals surface area contributed by atoms with Crippen molar-refractivity contribution in [1.29, 1.82) is 0 Å². The minimum Gasteiger partial charge on any atom is -0.504 e. The fourth-order valence-corrected chi connectivity index (χ4v) is 0.762. The van der Waals surface area contributed by atoms with Gasteiger partial charge in [-0.15, -0.1) is 0 Å². The van der Waals surface area contributed by atoms with Crippen LogP contribution in [0, 0.1) is 6.92 Å². The van der Waals surface area contributed by atoms with Crippen molar-refractivity contribution in [1.82, 2.24) is 0 Å². The Morgan fingerprint density at radius 1 is 0.846 bits per heavy atom. The van der Waals surface area contributed by atoms with Crippen molar-refractivity contribution in [3.05, 3.63) is 11.6 Å². The van der Waals surface area contributed by atoms with E-state index in [0.717, 1.165) is 6.07 Å². The van der Waals surface area contributed by atoms with Gasteiger partial charge < -0.3 is 20.4 Å². The largest absolute Gasteiger partial charge is 0.504 e. The number of aryl methyl sites for hydroxylation is 1. The Balaban J connectivity index is 0.000000671. The number of rotatable bonds is 0. The zero-order valence-corrected chi connectivity index (χ0v) is 7.87. The highest BCUT2D eigenvalue weighted by molar-refractivity contribution is 5.59. The van der Waals surface area contributed by atoms with Gasteiger partial charge in [-0.2, -0.15) is 0 Å². The van der Waals surface area contributed by atoms with Crippen LogP contribution in [0.2, 0.25) is 0 Å². The fraction of sp³-hybridized carbons (Fsp3) is 0.333. The van der Waals surface area contributed by atoms with Crippen LogP contribution in [0.25, 0.3) is 0 Å². The zero-order chi connectivity index (χ0) is 10.6. The third kappa shape index (κ3) is 2.18. The lowest BCUT2D eigenvalue weighted by Gasteiger charge is -2.04. The van der Waals surface area contributed by atoms with Crippen molar-refractivity contribution < 1.29 is 20.4 Å². The molecule has 4 N–H and O–H groups in total. The minimum absolute atomic E-state index is 0.304. The summed E-state index contributed by atoms with van der Waals surface area (Å²) in [6.45, 7) is 5.49. The van der Waals surface area contributed by atoms with E-state index in [9.17, 15) is 0 Å². The number of hydrogen-bond acceptors (Lipinski definition) is 4. The molecule has 1 aromatic carbocycles. The molecule has 0 saturated carbocycles. The van der Waals surface area contributed by atoms with Crippen LogP contribution in [0.3, 0.4) is 0 Å². The molecule has 13 heavy (non-hydrogen) atoms. The Kier molecular flexibility index (Phi) is 3.91. The van der Waals surface area contributed by atoms with Crippen LogP contribution in [-0.4, -0.2) is 20.4 Å². The normalized spacial score (nSPS) is 8.85. The van der Waals surface area contributed by atoms with Crippen molar-refractivity contribution in [3.63, 3.8) is 0 Å². The molecular formula is C9H14O4. The molecule has 0 spiro atoms. The number of benzene rings is 1. The average Bonchev–Trinajstić information content (AvgIpc) is 2.15. The van der Waals surface area contributed by atoms with Crippen LogP contribution in [0.4, 0.5) is 0 Å². The van der Waals surface area contributed by atoms with Gasteiger partial charge in [0.25, 0.3) is 0 Å². The third-order valence-electron chi connectivity index (χ3n) is 1.42. The third-order valence-corrected chi connectivity index (χ3v) is 1.42. The molecule has 0 atom stereocenters. The van der Waals surface area contributed by atoms with E-state index in [-0.39, 0.29) is 0 Å². The highest BCUT2D eigenvalue weighted by Crippen LogP contribution is 2.43. The molecule has 1 aromatic rings. The van der Waals surface area contributed by atoms with Crippen molar-refractivity contribution in [2.75, 3.05) is 0 Å². The van der Waals surface area contributed by atoms with Gasteiger partial charge in [0.05, 0.1) is 0 Å². The van der Waals surface area contributed by atoms with E-state index in [1.807, 2.05) is 13.8 Å². The van der Waals surface area contributed by atoms with E-state index in [4.69, 9.17) is 20.4 Å². The first-order valence-electron chi connectivity index (χ1n) is 3.97. The Bertz CT molecular complexity index is 268. The standard InChI is InChI=1S/C7H8O4.C2H6/c1-3-2-4(8)6(10)7(11)5(3)9;1-2/h2,8-11H,1H3;1-2H3. The summed E-state index contributed by atoms with van der Waals surface area (Å²) in [7, 11) is 0. The predicted molar refractivity (Wildman–Crippen MR) is 49.2 cm³/mol. The second kappa shape index (κ2) is 4.45. The molecule has 0 aromatic heterocycles. The maximum Gasteiger partial charge on any atom is 0.204 e. The summed E-state index contributed by atoms with van der Waals surface area (Å²) < 4.78 is 0. The Labute approximate surface area is 76.7 Å². The van der Waals surface area contributed by atoms with Gasteiger partial charge in [-0.1, -0.05) is 13.8 Å². The number of aromatic hydroxyl groups is 4. The van der Waals surface area contributed by atoms with E-state index >= 15 is 0 Å². The van der Waals surface area contributed by atoms with Gasteiger partial charge in [0.15, 0.2) is 11.5 Å². The molecule has 4 heteroatoms. The lowest BCUT2D eigenvalue weighted by Crippen LogP contribution is -1.77. The van der Waals surface area contributed by atoms with Crippen LogP contribution in [0.1, 0.15) is 19.4 Å². The minimum atomic E-state index is -0.701. The highest BCUT2D eigenvalue weighted by Gasteiger charge is 2.12. The molecule has 0 unspecified atom stereocenters. The first kappa shape index (κ1) is 11.4. The predicted octanol–water partition coefficient (Wildman–Crippen LogP) is 1.84. The SMILES string of the molecule is CC.Cc1cc(O)c(O)c(O)c1O. The molecular weight excluding hydrogens is 172 g/mol. The van der Waals surface area contributed by atoms with E-state index in [0.29, 0.717) is 5.56 Å². The summed E-state index contributed by atoms with van der Waals surface area (Å²) in [5.74, 6) is -2.26. The van der Waals surface area contributed by atoms with Gasteiger partial charge in [-0.25, -0.2) is 0 Å². The van der Waals surface area contributed by atoms with E-state index < -0.39 is 23.0 Å².